The molecule has 0 spiro atoms. The van der Waals surface area contributed by atoms with E-state index in [2.05, 4.69) is 38.7 Å². The summed E-state index contributed by atoms with van der Waals surface area (Å²) in [5.41, 5.74) is 0.354. The minimum atomic E-state index is 0.209. The highest BCUT2D eigenvalue weighted by atomic mass is 16.5. The SMILES string of the molecule is CCC1COCCN1C1CC(C(C)(C)C)CCC1C#N. The first-order chi connectivity index (χ1) is 9.47. The molecule has 3 nitrogen and oxygen atoms in total. The van der Waals surface area contributed by atoms with Gasteiger partial charge >= 0.3 is 0 Å². The first-order valence-electron chi connectivity index (χ1n) is 8.20. The van der Waals surface area contributed by atoms with Crippen LogP contribution in [0, 0.1) is 28.6 Å². The number of nitriles is 1. The molecule has 2 fully saturated rings. The van der Waals surface area contributed by atoms with E-state index >= 15 is 0 Å². The van der Waals surface area contributed by atoms with E-state index < -0.39 is 0 Å². The van der Waals surface area contributed by atoms with Crippen LogP contribution in [0.5, 0.6) is 0 Å². The summed E-state index contributed by atoms with van der Waals surface area (Å²) in [6.07, 6.45) is 4.57. The smallest absolute Gasteiger partial charge is 0.0672 e. The fourth-order valence-electron chi connectivity index (χ4n) is 3.91. The predicted octanol–water partition coefficient (Wildman–Crippen LogP) is 3.45. The van der Waals surface area contributed by atoms with Gasteiger partial charge in [-0.3, -0.25) is 4.90 Å². The van der Waals surface area contributed by atoms with E-state index in [1.807, 2.05) is 0 Å². The van der Waals surface area contributed by atoms with E-state index in [1.165, 1.54) is 12.8 Å². The van der Waals surface area contributed by atoms with Crippen LogP contribution < -0.4 is 0 Å². The van der Waals surface area contributed by atoms with Crippen LogP contribution in [-0.2, 0) is 4.74 Å². The molecule has 114 valence electrons. The van der Waals surface area contributed by atoms with Gasteiger partial charge in [0.15, 0.2) is 0 Å². The first-order valence-corrected chi connectivity index (χ1v) is 8.20. The molecule has 20 heavy (non-hydrogen) atoms. The third-order valence-electron chi connectivity index (χ3n) is 5.38. The quantitative estimate of drug-likeness (QED) is 0.776. The Morgan fingerprint density at radius 1 is 1.30 bits per heavy atom. The van der Waals surface area contributed by atoms with E-state index in [1.54, 1.807) is 0 Å². The summed E-state index contributed by atoms with van der Waals surface area (Å²) in [7, 11) is 0. The van der Waals surface area contributed by atoms with Crippen molar-refractivity contribution in [3.05, 3.63) is 0 Å². The van der Waals surface area contributed by atoms with E-state index in [0.717, 1.165) is 38.5 Å². The zero-order valence-electron chi connectivity index (χ0n) is 13.6. The highest BCUT2D eigenvalue weighted by molar-refractivity contribution is 5.01. The third kappa shape index (κ3) is 3.35. The number of morpholine rings is 1. The van der Waals surface area contributed by atoms with Gasteiger partial charge in [0, 0.05) is 18.6 Å². The molecule has 2 aliphatic rings. The van der Waals surface area contributed by atoms with E-state index in [9.17, 15) is 5.26 Å². The van der Waals surface area contributed by atoms with Crippen LogP contribution >= 0.6 is 0 Å². The number of hydrogen-bond donors (Lipinski definition) is 0. The topological polar surface area (TPSA) is 36.3 Å². The molecule has 4 unspecified atom stereocenters. The summed E-state index contributed by atoms with van der Waals surface area (Å²) in [5.74, 6) is 0.943. The monoisotopic (exact) mass is 278 g/mol. The first kappa shape index (κ1) is 15.8. The van der Waals surface area contributed by atoms with Gasteiger partial charge in [-0.05, 0) is 37.0 Å². The molecule has 1 aliphatic heterocycles. The maximum absolute atomic E-state index is 9.53. The van der Waals surface area contributed by atoms with Crippen molar-refractivity contribution in [3.63, 3.8) is 0 Å². The second-order valence-electron chi connectivity index (χ2n) is 7.55. The Hall–Kier alpha value is -0.590. The molecule has 0 bridgehead atoms. The van der Waals surface area contributed by atoms with Gasteiger partial charge in [-0.2, -0.15) is 5.26 Å². The van der Waals surface area contributed by atoms with Crippen molar-refractivity contribution < 1.29 is 4.74 Å². The number of nitrogens with zero attached hydrogens (tertiary/aromatic N) is 2. The zero-order valence-corrected chi connectivity index (χ0v) is 13.6. The van der Waals surface area contributed by atoms with E-state index in [-0.39, 0.29) is 5.92 Å². The lowest BCUT2D eigenvalue weighted by molar-refractivity contribution is -0.0562. The molecule has 1 saturated carbocycles. The standard InChI is InChI=1S/C17H30N2O/c1-5-15-12-20-9-8-19(15)16-10-14(17(2,3)4)7-6-13(16)11-18/h13-16H,5-10,12H2,1-4H3. The van der Waals surface area contributed by atoms with Crippen molar-refractivity contribution in [2.75, 3.05) is 19.8 Å². The van der Waals surface area contributed by atoms with Crippen molar-refractivity contribution in [2.24, 2.45) is 17.3 Å². The fraction of sp³-hybridized carbons (Fsp3) is 0.941. The fourth-order valence-corrected chi connectivity index (χ4v) is 3.91. The second-order valence-corrected chi connectivity index (χ2v) is 7.55. The van der Waals surface area contributed by atoms with Crippen molar-refractivity contribution in [1.29, 1.82) is 5.26 Å². The maximum atomic E-state index is 9.53. The molecule has 0 aromatic carbocycles. The maximum Gasteiger partial charge on any atom is 0.0672 e. The number of ether oxygens (including phenoxy) is 1. The molecule has 1 saturated heterocycles. The number of hydrogen-bond acceptors (Lipinski definition) is 3. The average molecular weight is 278 g/mol. The van der Waals surface area contributed by atoms with Gasteiger partial charge in [-0.1, -0.05) is 27.7 Å². The molecular weight excluding hydrogens is 248 g/mol. The van der Waals surface area contributed by atoms with Crippen LogP contribution in [0.25, 0.3) is 0 Å². The summed E-state index contributed by atoms with van der Waals surface area (Å²) in [6.45, 7) is 11.9. The molecule has 0 radical (unpaired) electrons. The van der Waals surface area contributed by atoms with Gasteiger partial charge in [0.2, 0.25) is 0 Å². The van der Waals surface area contributed by atoms with Gasteiger partial charge in [-0.15, -0.1) is 0 Å². The van der Waals surface area contributed by atoms with Crippen molar-refractivity contribution in [2.45, 2.75) is 65.5 Å². The van der Waals surface area contributed by atoms with Crippen LogP contribution in [0.1, 0.15) is 53.4 Å². The Morgan fingerprint density at radius 2 is 2.05 bits per heavy atom. The van der Waals surface area contributed by atoms with Crippen molar-refractivity contribution in [3.8, 4) is 6.07 Å². The summed E-state index contributed by atoms with van der Waals surface area (Å²) in [4.78, 5) is 2.59. The Balaban J connectivity index is 2.14. The Morgan fingerprint density at radius 3 is 2.65 bits per heavy atom. The molecule has 0 N–H and O–H groups in total. The molecule has 3 heteroatoms. The minimum Gasteiger partial charge on any atom is -0.378 e. The lowest BCUT2D eigenvalue weighted by Gasteiger charge is -2.48. The molecular formula is C17H30N2O. The van der Waals surface area contributed by atoms with Crippen LogP contribution in [0.15, 0.2) is 0 Å². The third-order valence-corrected chi connectivity index (χ3v) is 5.38. The van der Waals surface area contributed by atoms with E-state index in [0.29, 0.717) is 17.5 Å². The molecule has 4 atom stereocenters. The van der Waals surface area contributed by atoms with Crippen LogP contribution in [0.2, 0.25) is 0 Å². The van der Waals surface area contributed by atoms with Gasteiger partial charge in [0.25, 0.3) is 0 Å². The molecule has 0 aromatic heterocycles. The predicted molar refractivity (Wildman–Crippen MR) is 81.3 cm³/mol. The average Bonchev–Trinajstić information content (AvgIpc) is 2.45. The van der Waals surface area contributed by atoms with Crippen LogP contribution in [0.3, 0.4) is 0 Å². The molecule has 0 aromatic rings. The van der Waals surface area contributed by atoms with Crippen LogP contribution in [0.4, 0.5) is 0 Å². The summed E-state index contributed by atoms with van der Waals surface area (Å²) < 4.78 is 5.63. The van der Waals surface area contributed by atoms with Gasteiger partial charge in [-0.25, -0.2) is 0 Å². The highest BCUT2D eigenvalue weighted by Gasteiger charge is 2.41. The van der Waals surface area contributed by atoms with Gasteiger partial charge in [0.05, 0.1) is 25.2 Å². The summed E-state index contributed by atoms with van der Waals surface area (Å²) >= 11 is 0. The number of rotatable bonds is 2. The molecule has 1 heterocycles. The summed E-state index contributed by atoms with van der Waals surface area (Å²) in [6, 6.07) is 3.53. The zero-order chi connectivity index (χ0) is 14.8. The van der Waals surface area contributed by atoms with Gasteiger partial charge < -0.3 is 4.74 Å². The molecule has 2 rings (SSSR count). The Kier molecular flexibility index (Phi) is 5.09. The largest absolute Gasteiger partial charge is 0.378 e. The Bertz CT molecular complexity index is 355. The second kappa shape index (κ2) is 6.45. The van der Waals surface area contributed by atoms with E-state index in [4.69, 9.17) is 4.74 Å². The normalized spacial score (nSPS) is 36.5. The lowest BCUT2D eigenvalue weighted by Crippen LogP contribution is -2.55. The minimum absolute atomic E-state index is 0.209. The van der Waals surface area contributed by atoms with Crippen molar-refractivity contribution in [1.82, 2.24) is 4.90 Å². The highest BCUT2D eigenvalue weighted by Crippen LogP contribution is 2.42. The Labute approximate surface area is 124 Å². The summed E-state index contributed by atoms with van der Waals surface area (Å²) in [5, 5.41) is 9.53. The van der Waals surface area contributed by atoms with Gasteiger partial charge in [0.1, 0.15) is 0 Å². The molecule has 1 aliphatic carbocycles. The lowest BCUT2D eigenvalue weighted by atomic mass is 9.67. The van der Waals surface area contributed by atoms with Crippen molar-refractivity contribution >= 4 is 0 Å². The molecule has 0 amide bonds. The van der Waals surface area contributed by atoms with Crippen LogP contribution in [-0.4, -0.2) is 36.7 Å².